The molecule has 10 heavy (non-hydrogen) atoms. The molecule has 0 bridgehead atoms. The van der Waals surface area contributed by atoms with Crippen LogP contribution in [-0.2, 0) is 0 Å². The van der Waals surface area contributed by atoms with E-state index in [1.165, 1.54) is 12.8 Å². The van der Waals surface area contributed by atoms with E-state index in [0.29, 0.717) is 0 Å². The van der Waals surface area contributed by atoms with E-state index in [9.17, 15) is 0 Å². The van der Waals surface area contributed by atoms with Gasteiger partial charge in [0.05, 0.1) is 0 Å². The predicted octanol–water partition coefficient (Wildman–Crippen LogP) is 1.81. The van der Waals surface area contributed by atoms with Crippen LogP contribution in [0.15, 0.2) is 0 Å². The summed E-state index contributed by atoms with van der Waals surface area (Å²) in [7, 11) is 0. The molecule has 0 spiro atoms. The van der Waals surface area contributed by atoms with E-state index >= 15 is 0 Å². The number of nitrogens with one attached hydrogen (secondary N) is 1. The van der Waals surface area contributed by atoms with Gasteiger partial charge in [0.25, 0.3) is 0 Å². The Labute approximate surface area is 64.2 Å². The molecule has 0 fully saturated rings. The number of nitrogens with two attached hydrogens (primary N) is 1. The van der Waals surface area contributed by atoms with Crippen molar-refractivity contribution in [2.24, 2.45) is 5.84 Å². The van der Waals surface area contributed by atoms with Gasteiger partial charge in [0, 0.05) is 5.54 Å². The molecule has 0 saturated carbocycles. The first-order valence-electron chi connectivity index (χ1n) is 4.16. The second-order valence-corrected chi connectivity index (χ2v) is 3.20. The van der Waals surface area contributed by atoms with E-state index in [1.54, 1.807) is 0 Å². The molecule has 2 nitrogen and oxygen atoms in total. The second-order valence-electron chi connectivity index (χ2n) is 3.20. The van der Waals surface area contributed by atoms with Crippen molar-refractivity contribution in [2.75, 3.05) is 0 Å². The molecule has 0 radical (unpaired) electrons. The lowest BCUT2D eigenvalue weighted by atomic mass is 9.92. The van der Waals surface area contributed by atoms with Gasteiger partial charge in [-0.25, -0.2) is 0 Å². The van der Waals surface area contributed by atoms with Gasteiger partial charge in [-0.15, -0.1) is 0 Å². The predicted molar refractivity (Wildman–Crippen MR) is 45.5 cm³/mol. The lowest BCUT2D eigenvalue weighted by Gasteiger charge is -2.27. The summed E-state index contributed by atoms with van der Waals surface area (Å²) in [5.41, 5.74) is 3.05. The minimum atomic E-state index is 0.170. The number of hydrogen-bond donors (Lipinski definition) is 2. The average Bonchev–Trinajstić information content (AvgIpc) is 1.89. The van der Waals surface area contributed by atoms with Gasteiger partial charge in [-0.3, -0.25) is 11.3 Å². The first-order chi connectivity index (χ1) is 4.68. The summed E-state index contributed by atoms with van der Waals surface area (Å²) in [6.45, 7) is 6.55. The molecule has 0 saturated heterocycles. The van der Waals surface area contributed by atoms with E-state index in [1.807, 2.05) is 0 Å². The Morgan fingerprint density at radius 2 is 1.60 bits per heavy atom. The molecule has 0 amide bonds. The number of rotatable bonds is 5. The maximum Gasteiger partial charge on any atom is 0.0293 e. The number of hydrazine groups is 1. The lowest BCUT2D eigenvalue weighted by Crippen LogP contribution is -2.46. The Balaban J connectivity index is 3.69. The highest BCUT2D eigenvalue weighted by Gasteiger charge is 2.18. The molecule has 0 unspecified atom stereocenters. The van der Waals surface area contributed by atoms with Crippen LogP contribution in [0.2, 0.25) is 0 Å². The molecular weight excluding hydrogens is 124 g/mol. The van der Waals surface area contributed by atoms with Crippen molar-refractivity contribution in [3.8, 4) is 0 Å². The van der Waals surface area contributed by atoms with Gasteiger partial charge >= 0.3 is 0 Å². The third kappa shape index (κ3) is 3.18. The van der Waals surface area contributed by atoms with Gasteiger partial charge in [0.1, 0.15) is 0 Å². The summed E-state index contributed by atoms with van der Waals surface area (Å²) < 4.78 is 0. The normalized spacial score (nSPS) is 12.0. The Hall–Kier alpha value is -0.0800. The molecule has 3 N–H and O–H groups in total. The zero-order valence-corrected chi connectivity index (χ0v) is 7.41. The highest BCUT2D eigenvalue weighted by Crippen LogP contribution is 2.16. The zero-order chi connectivity index (χ0) is 8.04. The van der Waals surface area contributed by atoms with Crippen LogP contribution >= 0.6 is 0 Å². The van der Waals surface area contributed by atoms with E-state index < -0.39 is 0 Å². The van der Waals surface area contributed by atoms with Gasteiger partial charge in [-0.1, -0.05) is 26.7 Å². The van der Waals surface area contributed by atoms with Crippen molar-refractivity contribution >= 4 is 0 Å². The van der Waals surface area contributed by atoms with Crippen molar-refractivity contribution in [1.82, 2.24) is 5.43 Å². The monoisotopic (exact) mass is 144 g/mol. The summed E-state index contributed by atoms with van der Waals surface area (Å²) in [5.74, 6) is 5.43. The molecule has 62 valence electrons. The quantitative estimate of drug-likeness (QED) is 0.456. The van der Waals surface area contributed by atoms with Crippen LogP contribution in [0, 0.1) is 0 Å². The van der Waals surface area contributed by atoms with E-state index in [-0.39, 0.29) is 5.54 Å². The van der Waals surface area contributed by atoms with Crippen molar-refractivity contribution in [2.45, 2.75) is 52.0 Å². The van der Waals surface area contributed by atoms with Crippen LogP contribution in [-0.4, -0.2) is 5.54 Å². The van der Waals surface area contributed by atoms with Gasteiger partial charge in [0.15, 0.2) is 0 Å². The summed E-state index contributed by atoms with van der Waals surface area (Å²) in [4.78, 5) is 0. The SMILES string of the molecule is CCCC(C)(CCC)NN. The van der Waals surface area contributed by atoms with Crippen molar-refractivity contribution in [3.63, 3.8) is 0 Å². The molecule has 2 heteroatoms. The highest BCUT2D eigenvalue weighted by atomic mass is 15.3. The van der Waals surface area contributed by atoms with Crippen LogP contribution in [0.1, 0.15) is 46.5 Å². The fraction of sp³-hybridized carbons (Fsp3) is 1.00. The minimum Gasteiger partial charge on any atom is -0.271 e. The minimum absolute atomic E-state index is 0.170. The van der Waals surface area contributed by atoms with Crippen LogP contribution in [0.25, 0.3) is 0 Å². The van der Waals surface area contributed by atoms with Gasteiger partial charge in [-0.2, -0.15) is 0 Å². The third-order valence-electron chi connectivity index (χ3n) is 1.95. The third-order valence-corrected chi connectivity index (χ3v) is 1.95. The number of hydrogen-bond acceptors (Lipinski definition) is 2. The van der Waals surface area contributed by atoms with Crippen molar-refractivity contribution < 1.29 is 0 Å². The molecule has 0 aromatic rings. The lowest BCUT2D eigenvalue weighted by molar-refractivity contribution is 0.307. The fourth-order valence-electron chi connectivity index (χ4n) is 1.37. The highest BCUT2D eigenvalue weighted by molar-refractivity contribution is 4.78. The first-order valence-corrected chi connectivity index (χ1v) is 4.16. The largest absolute Gasteiger partial charge is 0.271 e. The summed E-state index contributed by atoms with van der Waals surface area (Å²) in [6.07, 6.45) is 4.72. The summed E-state index contributed by atoms with van der Waals surface area (Å²) in [6, 6.07) is 0. The topological polar surface area (TPSA) is 38.0 Å². The fourth-order valence-corrected chi connectivity index (χ4v) is 1.37. The molecule has 0 heterocycles. The maximum atomic E-state index is 5.43. The van der Waals surface area contributed by atoms with Gasteiger partial charge in [0.2, 0.25) is 0 Å². The van der Waals surface area contributed by atoms with E-state index in [0.717, 1.165) is 12.8 Å². The molecule has 0 aromatic carbocycles. The summed E-state index contributed by atoms with van der Waals surface area (Å²) >= 11 is 0. The van der Waals surface area contributed by atoms with Crippen LogP contribution < -0.4 is 11.3 Å². The molecule has 0 aliphatic rings. The molecule has 0 aliphatic carbocycles. The standard InChI is InChI=1S/C8H20N2/c1-4-6-8(3,10-9)7-5-2/h10H,4-7,9H2,1-3H3. The maximum absolute atomic E-state index is 5.43. The first kappa shape index (κ1) is 9.92. The molecule has 0 atom stereocenters. The Morgan fingerprint density at radius 1 is 1.20 bits per heavy atom. The van der Waals surface area contributed by atoms with E-state index in [4.69, 9.17) is 5.84 Å². The zero-order valence-electron chi connectivity index (χ0n) is 7.41. The second kappa shape index (κ2) is 4.69. The average molecular weight is 144 g/mol. The molecule has 0 aliphatic heterocycles. The van der Waals surface area contributed by atoms with E-state index in [2.05, 4.69) is 26.2 Å². The van der Waals surface area contributed by atoms with Gasteiger partial charge < -0.3 is 0 Å². The molecule has 0 aromatic heterocycles. The van der Waals surface area contributed by atoms with Crippen molar-refractivity contribution in [3.05, 3.63) is 0 Å². The van der Waals surface area contributed by atoms with Crippen LogP contribution in [0.5, 0.6) is 0 Å². The molecule has 0 rings (SSSR count). The Kier molecular flexibility index (Phi) is 4.65. The van der Waals surface area contributed by atoms with Crippen molar-refractivity contribution in [1.29, 1.82) is 0 Å². The van der Waals surface area contributed by atoms with Crippen LogP contribution in [0.3, 0.4) is 0 Å². The van der Waals surface area contributed by atoms with Gasteiger partial charge in [-0.05, 0) is 19.8 Å². The Morgan fingerprint density at radius 3 is 1.80 bits per heavy atom. The summed E-state index contributed by atoms with van der Waals surface area (Å²) in [5, 5.41) is 0. The smallest absolute Gasteiger partial charge is 0.0293 e. The molecular formula is C8H20N2. The van der Waals surface area contributed by atoms with Crippen LogP contribution in [0.4, 0.5) is 0 Å². The Bertz CT molecular complexity index is 75.3.